The summed E-state index contributed by atoms with van der Waals surface area (Å²) >= 11 is 6.68. The Balaban J connectivity index is 1.25. The number of alkyl halides is 3. The molecule has 1 spiro atoms. The van der Waals surface area contributed by atoms with Crippen LogP contribution in [0.25, 0.3) is 0 Å². The lowest BCUT2D eigenvalue weighted by Crippen LogP contribution is -2.43. The molecule has 5 heterocycles. The molecular formula is C34H41ClF3N7O3. The number of anilines is 1. The number of aromatic nitrogens is 2. The number of nitrogens with two attached hydrogens (primary N) is 1. The Bertz CT molecular complexity index is 1670. The van der Waals surface area contributed by atoms with E-state index in [0.29, 0.717) is 63.3 Å². The molecule has 2 saturated heterocycles. The van der Waals surface area contributed by atoms with E-state index in [2.05, 4.69) is 9.89 Å². The fourth-order valence-corrected chi connectivity index (χ4v) is 8.27. The van der Waals surface area contributed by atoms with Crippen molar-refractivity contribution in [2.45, 2.75) is 75.3 Å². The molecule has 0 saturated carbocycles. The Hall–Kier alpha value is -3.42. The molecule has 2 fully saturated rings. The molecule has 1 aromatic heterocycles. The third-order valence-corrected chi connectivity index (χ3v) is 11.0. The monoisotopic (exact) mass is 687 g/mol. The number of aliphatic imine (C=N–C) groups is 1. The first-order chi connectivity index (χ1) is 23.0. The van der Waals surface area contributed by atoms with Gasteiger partial charge in [-0.25, -0.2) is 13.2 Å². The zero-order valence-electron chi connectivity index (χ0n) is 27.3. The van der Waals surface area contributed by atoms with Crippen LogP contribution in [0.15, 0.2) is 33.9 Å². The molecule has 1 aliphatic carbocycles. The minimum Gasteiger partial charge on any atom is -0.461 e. The number of likely N-dealkylation sites (N-methyl/N-ethyl adjacent to an activating group) is 1. The van der Waals surface area contributed by atoms with Gasteiger partial charge >= 0.3 is 6.01 Å². The minimum absolute atomic E-state index is 0.0340. The van der Waals surface area contributed by atoms with Crippen molar-refractivity contribution in [3.05, 3.63) is 56.9 Å². The van der Waals surface area contributed by atoms with Crippen LogP contribution in [-0.4, -0.2) is 96.5 Å². The lowest BCUT2D eigenvalue weighted by molar-refractivity contribution is -0.124. The zero-order valence-corrected chi connectivity index (χ0v) is 28.0. The number of halogens is 4. The fraction of sp³-hybridized carbons (Fsp3) is 0.588. The molecule has 1 amide bonds. The topological polar surface area (TPSA) is 109 Å². The van der Waals surface area contributed by atoms with Crippen molar-refractivity contribution in [2.24, 2.45) is 10.7 Å². The number of hydrogen-bond acceptors (Lipinski definition) is 9. The van der Waals surface area contributed by atoms with Crippen molar-refractivity contribution >= 4 is 29.0 Å². The van der Waals surface area contributed by atoms with E-state index >= 15 is 0 Å². The van der Waals surface area contributed by atoms with Gasteiger partial charge in [-0.3, -0.25) is 14.7 Å². The maximum Gasteiger partial charge on any atom is 0.318 e. The highest BCUT2D eigenvalue weighted by molar-refractivity contribution is 6.45. The highest BCUT2D eigenvalue weighted by atomic mass is 35.5. The highest BCUT2D eigenvalue weighted by Crippen LogP contribution is 2.48. The Morgan fingerprint density at radius 1 is 1.23 bits per heavy atom. The van der Waals surface area contributed by atoms with Crippen LogP contribution in [0.3, 0.4) is 0 Å². The molecule has 10 nitrogen and oxygen atoms in total. The van der Waals surface area contributed by atoms with Crippen molar-refractivity contribution in [3.63, 3.8) is 0 Å². The summed E-state index contributed by atoms with van der Waals surface area (Å²) < 4.78 is 55.1. The number of fused-ring (bicyclic) bond motifs is 4. The average molecular weight is 688 g/mol. The summed E-state index contributed by atoms with van der Waals surface area (Å²) in [5.74, 6) is 0.179. The summed E-state index contributed by atoms with van der Waals surface area (Å²) in [7, 11) is 3.20. The van der Waals surface area contributed by atoms with Crippen LogP contribution in [0.5, 0.6) is 6.01 Å². The third kappa shape index (κ3) is 5.91. The number of ether oxygens (including phenoxy) is 2. The second kappa shape index (κ2) is 12.8. The molecule has 0 bridgehead atoms. The van der Waals surface area contributed by atoms with Gasteiger partial charge in [-0.05, 0) is 55.8 Å². The van der Waals surface area contributed by atoms with Gasteiger partial charge in [0.1, 0.15) is 24.3 Å². The van der Waals surface area contributed by atoms with Gasteiger partial charge in [0.25, 0.3) is 12.3 Å². The van der Waals surface area contributed by atoms with Gasteiger partial charge in [0.15, 0.2) is 0 Å². The molecule has 14 heteroatoms. The van der Waals surface area contributed by atoms with E-state index in [0.717, 1.165) is 41.8 Å². The van der Waals surface area contributed by atoms with E-state index in [1.807, 2.05) is 4.90 Å². The molecule has 258 valence electrons. The molecule has 1 aromatic carbocycles. The maximum absolute atomic E-state index is 14.6. The summed E-state index contributed by atoms with van der Waals surface area (Å²) in [6.07, 6.45) is 1.15. The first-order valence-electron chi connectivity index (χ1n) is 16.6. The number of rotatable bonds is 7. The van der Waals surface area contributed by atoms with Gasteiger partial charge < -0.3 is 25.0 Å². The molecule has 3 atom stereocenters. The van der Waals surface area contributed by atoms with E-state index in [1.54, 1.807) is 26.2 Å². The van der Waals surface area contributed by atoms with Crippen LogP contribution in [0.2, 0.25) is 0 Å². The minimum atomic E-state index is -2.59. The molecule has 4 aliphatic heterocycles. The Labute approximate surface area is 283 Å². The number of amides is 1. The van der Waals surface area contributed by atoms with Crippen molar-refractivity contribution in [1.29, 1.82) is 0 Å². The van der Waals surface area contributed by atoms with Crippen LogP contribution in [-0.2, 0) is 34.6 Å². The normalized spacial score (nSPS) is 27.4. The van der Waals surface area contributed by atoms with E-state index in [-0.39, 0.29) is 42.1 Å². The van der Waals surface area contributed by atoms with Gasteiger partial charge in [0.2, 0.25) is 0 Å². The predicted molar refractivity (Wildman–Crippen MR) is 175 cm³/mol. The standard InChI is InChI=1S/C34H41ClF3N7O3/c1-43(2)31(46)28(39)27(35)26-17-44(11-4-10-40-26)30-23-18-48-34(9-7-20-5-6-21(29(37)38)13-24(20)34)15-25(23)41-32(42-30)47-19-33-8-3-12-45(33)16-22(36)14-33/h5-6,13,22,29H,3-4,7-12,14-19,39H2,1-2H3/t22-,33+,34?/m1/s1. The van der Waals surface area contributed by atoms with Gasteiger partial charge in [-0.1, -0.05) is 23.7 Å². The second-order valence-electron chi connectivity index (χ2n) is 13.8. The van der Waals surface area contributed by atoms with E-state index in [9.17, 15) is 18.0 Å². The third-order valence-electron chi connectivity index (χ3n) is 10.6. The Morgan fingerprint density at radius 2 is 2.06 bits per heavy atom. The molecular weight excluding hydrogens is 647 g/mol. The summed E-state index contributed by atoms with van der Waals surface area (Å²) in [5.41, 5.74) is 8.57. The number of carbonyl (C=O) groups excluding carboxylic acids is 1. The average Bonchev–Trinajstić information content (AvgIpc) is 3.64. The number of benzene rings is 1. The summed E-state index contributed by atoms with van der Waals surface area (Å²) in [6.45, 7) is 2.96. The molecule has 48 heavy (non-hydrogen) atoms. The lowest BCUT2D eigenvalue weighted by atomic mass is 9.86. The smallest absolute Gasteiger partial charge is 0.318 e. The molecule has 2 aromatic rings. The SMILES string of the molecule is CN(C)C(=O)C(N)=C(Cl)C1=NCCCN(c2nc(OC[C@@]34CCCN3C[C@H](F)C4)nc3c2COC2(CCc4ccc(C(F)F)cc42)C3)C1. The van der Waals surface area contributed by atoms with Crippen LogP contribution in [0.4, 0.5) is 19.0 Å². The van der Waals surface area contributed by atoms with Crippen LogP contribution in [0, 0.1) is 0 Å². The van der Waals surface area contributed by atoms with Crippen LogP contribution in [0.1, 0.15) is 66.5 Å². The molecule has 7 rings (SSSR count). The van der Waals surface area contributed by atoms with E-state index in [4.69, 9.17) is 36.8 Å². The second-order valence-corrected chi connectivity index (χ2v) is 14.2. The highest BCUT2D eigenvalue weighted by Gasteiger charge is 2.50. The van der Waals surface area contributed by atoms with Gasteiger partial charge in [0.05, 0.1) is 40.7 Å². The Morgan fingerprint density at radius 3 is 2.85 bits per heavy atom. The Kier molecular flexibility index (Phi) is 8.82. The zero-order chi connectivity index (χ0) is 33.8. The summed E-state index contributed by atoms with van der Waals surface area (Å²) in [4.78, 5) is 32.7. The lowest BCUT2D eigenvalue weighted by Gasteiger charge is -2.37. The van der Waals surface area contributed by atoms with Gasteiger partial charge in [-0.2, -0.15) is 9.97 Å². The molecule has 1 unspecified atom stereocenters. The first kappa shape index (κ1) is 33.1. The number of carbonyl (C=O) groups is 1. The van der Waals surface area contributed by atoms with Crippen molar-refractivity contribution in [2.75, 3.05) is 58.3 Å². The fourth-order valence-electron chi connectivity index (χ4n) is 8.07. The van der Waals surface area contributed by atoms with Gasteiger partial charge in [0, 0.05) is 57.7 Å². The molecule has 5 aliphatic rings. The first-order valence-corrected chi connectivity index (χ1v) is 17.0. The molecule has 0 radical (unpaired) electrons. The summed E-state index contributed by atoms with van der Waals surface area (Å²) in [5, 5.41) is 0.0926. The van der Waals surface area contributed by atoms with Crippen molar-refractivity contribution in [1.82, 2.24) is 19.8 Å². The molecule has 2 N–H and O–H groups in total. The number of hydrogen-bond donors (Lipinski definition) is 1. The predicted octanol–water partition coefficient (Wildman–Crippen LogP) is 4.43. The quantitative estimate of drug-likeness (QED) is 0.426. The van der Waals surface area contributed by atoms with Gasteiger partial charge in [-0.15, -0.1) is 0 Å². The van der Waals surface area contributed by atoms with Crippen LogP contribution >= 0.6 is 11.6 Å². The summed E-state index contributed by atoms with van der Waals surface area (Å²) in [6, 6.07) is 5.01. The van der Waals surface area contributed by atoms with Crippen molar-refractivity contribution in [3.8, 4) is 6.01 Å². The maximum atomic E-state index is 14.6. The van der Waals surface area contributed by atoms with Crippen molar-refractivity contribution < 1.29 is 27.4 Å². The van der Waals surface area contributed by atoms with E-state index in [1.165, 1.54) is 11.0 Å². The van der Waals surface area contributed by atoms with E-state index < -0.39 is 29.6 Å². The number of aryl methyl sites for hydroxylation is 1. The van der Waals surface area contributed by atoms with Crippen LogP contribution < -0.4 is 15.4 Å². The largest absolute Gasteiger partial charge is 0.461 e. The number of nitrogens with zero attached hydrogens (tertiary/aromatic N) is 6.